The van der Waals surface area contributed by atoms with Crippen LogP contribution in [-0.4, -0.2) is 18.3 Å². The summed E-state index contributed by atoms with van der Waals surface area (Å²) in [6, 6.07) is 5.94. The number of hydrogen-bond acceptors (Lipinski definition) is 3. The van der Waals surface area contributed by atoms with Gasteiger partial charge >= 0.3 is 0 Å². The third-order valence-corrected chi connectivity index (χ3v) is 4.47. The standard InChI is InChI=1S/C16H25NO2/c1-11-4-5-14(8-12(11)2)17-10-13-9-15(19-3)6-7-16(13)18/h6-7,9,11-12,14,17-18H,4-5,8,10H2,1-3H3. The Balaban J connectivity index is 1.92. The van der Waals surface area contributed by atoms with Crippen LogP contribution in [0.5, 0.6) is 11.5 Å². The number of rotatable bonds is 4. The van der Waals surface area contributed by atoms with Crippen molar-refractivity contribution in [3.8, 4) is 11.5 Å². The van der Waals surface area contributed by atoms with Gasteiger partial charge in [-0.2, -0.15) is 0 Å². The molecule has 0 bridgehead atoms. The van der Waals surface area contributed by atoms with Gasteiger partial charge in [-0.25, -0.2) is 0 Å². The molecule has 1 aliphatic carbocycles. The van der Waals surface area contributed by atoms with Crippen LogP contribution in [0.2, 0.25) is 0 Å². The van der Waals surface area contributed by atoms with E-state index in [1.165, 1.54) is 19.3 Å². The number of ether oxygens (including phenoxy) is 1. The van der Waals surface area contributed by atoms with Gasteiger partial charge in [0.05, 0.1) is 7.11 Å². The largest absolute Gasteiger partial charge is 0.508 e. The number of phenols is 1. The average Bonchev–Trinajstić information content (AvgIpc) is 2.41. The molecule has 2 rings (SSSR count). The third kappa shape index (κ3) is 3.63. The average molecular weight is 263 g/mol. The van der Waals surface area contributed by atoms with Crippen LogP contribution in [0, 0.1) is 11.8 Å². The van der Waals surface area contributed by atoms with E-state index >= 15 is 0 Å². The molecule has 3 heteroatoms. The van der Waals surface area contributed by atoms with E-state index in [4.69, 9.17) is 4.74 Å². The molecule has 0 spiro atoms. The Morgan fingerprint density at radius 1 is 1.26 bits per heavy atom. The van der Waals surface area contributed by atoms with Crippen LogP contribution in [0.1, 0.15) is 38.7 Å². The Hall–Kier alpha value is -1.22. The minimum atomic E-state index is 0.338. The topological polar surface area (TPSA) is 41.5 Å². The second-order valence-electron chi connectivity index (χ2n) is 5.84. The number of nitrogens with one attached hydrogen (secondary N) is 1. The molecule has 1 aliphatic rings. The third-order valence-electron chi connectivity index (χ3n) is 4.47. The predicted octanol–water partition coefficient (Wildman–Crippen LogP) is 3.32. The minimum Gasteiger partial charge on any atom is -0.508 e. The van der Waals surface area contributed by atoms with Crippen LogP contribution in [0.15, 0.2) is 18.2 Å². The van der Waals surface area contributed by atoms with Crippen molar-refractivity contribution in [3.05, 3.63) is 23.8 Å². The van der Waals surface area contributed by atoms with E-state index in [1.807, 2.05) is 6.07 Å². The van der Waals surface area contributed by atoms with Gasteiger partial charge in [0.2, 0.25) is 0 Å². The normalized spacial score (nSPS) is 27.2. The van der Waals surface area contributed by atoms with Crippen LogP contribution in [-0.2, 0) is 6.54 Å². The van der Waals surface area contributed by atoms with E-state index in [0.29, 0.717) is 18.3 Å². The predicted molar refractivity (Wildman–Crippen MR) is 77.5 cm³/mol. The lowest BCUT2D eigenvalue weighted by atomic mass is 9.79. The maximum atomic E-state index is 9.86. The number of benzene rings is 1. The zero-order valence-corrected chi connectivity index (χ0v) is 12.1. The van der Waals surface area contributed by atoms with Crippen LogP contribution in [0.3, 0.4) is 0 Å². The quantitative estimate of drug-likeness (QED) is 0.875. The van der Waals surface area contributed by atoms with Gasteiger partial charge in [0.15, 0.2) is 0 Å². The number of aromatic hydroxyl groups is 1. The monoisotopic (exact) mass is 263 g/mol. The molecule has 3 atom stereocenters. The molecule has 1 fully saturated rings. The maximum absolute atomic E-state index is 9.86. The van der Waals surface area contributed by atoms with Gasteiger partial charge in [-0.1, -0.05) is 13.8 Å². The van der Waals surface area contributed by atoms with Gasteiger partial charge in [-0.05, 0) is 49.3 Å². The fourth-order valence-corrected chi connectivity index (χ4v) is 2.82. The van der Waals surface area contributed by atoms with Gasteiger partial charge in [0.25, 0.3) is 0 Å². The van der Waals surface area contributed by atoms with Gasteiger partial charge < -0.3 is 15.2 Å². The molecule has 0 amide bonds. The molecular formula is C16H25NO2. The van der Waals surface area contributed by atoms with Crippen molar-refractivity contribution in [2.75, 3.05) is 7.11 Å². The van der Waals surface area contributed by atoms with Crippen LogP contribution < -0.4 is 10.1 Å². The van der Waals surface area contributed by atoms with Crippen molar-refractivity contribution in [2.45, 2.75) is 45.7 Å². The van der Waals surface area contributed by atoms with E-state index < -0.39 is 0 Å². The highest BCUT2D eigenvalue weighted by atomic mass is 16.5. The minimum absolute atomic E-state index is 0.338. The number of phenolic OH excluding ortho intramolecular Hbond substituents is 1. The Bertz CT molecular complexity index is 419. The fourth-order valence-electron chi connectivity index (χ4n) is 2.82. The molecule has 3 nitrogen and oxygen atoms in total. The van der Waals surface area contributed by atoms with E-state index in [9.17, 15) is 5.11 Å². The highest BCUT2D eigenvalue weighted by molar-refractivity contribution is 5.39. The lowest BCUT2D eigenvalue weighted by Crippen LogP contribution is -2.35. The van der Waals surface area contributed by atoms with E-state index in [1.54, 1.807) is 19.2 Å². The summed E-state index contributed by atoms with van der Waals surface area (Å²) < 4.78 is 5.19. The molecule has 19 heavy (non-hydrogen) atoms. The Morgan fingerprint density at radius 2 is 2.05 bits per heavy atom. The van der Waals surface area contributed by atoms with Gasteiger partial charge in [0.1, 0.15) is 11.5 Å². The lowest BCUT2D eigenvalue weighted by molar-refractivity contribution is 0.225. The Labute approximate surface area is 116 Å². The highest BCUT2D eigenvalue weighted by Crippen LogP contribution is 2.30. The summed E-state index contributed by atoms with van der Waals surface area (Å²) in [7, 11) is 1.65. The van der Waals surface area contributed by atoms with Crippen molar-refractivity contribution in [2.24, 2.45) is 11.8 Å². The molecule has 0 saturated heterocycles. The summed E-state index contributed by atoms with van der Waals surface area (Å²) in [5, 5.41) is 13.4. The zero-order chi connectivity index (χ0) is 13.8. The van der Waals surface area contributed by atoms with Crippen LogP contribution in [0.25, 0.3) is 0 Å². The maximum Gasteiger partial charge on any atom is 0.120 e. The van der Waals surface area contributed by atoms with Crippen molar-refractivity contribution < 1.29 is 9.84 Å². The summed E-state index contributed by atoms with van der Waals surface area (Å²) in [4.78, 5) is 0. The lowest BCUT2D eigenvalue weighted by Gasteiger charge is -2.32. The highest BCUT2D eigenvalue weighted by Gasteiger charge is 2.24. The van der Waals surface area contributed by atoms with Gasteiger partial charge in [0, 0.05) is 18.2 Å². The summed E-state index contributed by atoms with van der Waals surface area (Å²) in [6.45, 7) is 5.38. The molecule has 0 aliphatic heterocycles. The molecule has 0 radical (unpaired) electrons. The smallest absolute Gasteiger partial charge is 0.120 e. The molecule has 106 valence electrons. The summed E-state index contributed by atoms with van der Waals surface area (Å²) in [6.07, 6.45) is 3.76. The van der Waals surface area contributed by atoms with Crippen molar-refractivity contribution >= 4 is 0 Å². The zero-order valence-electron chi connectivity index (χ0n) is 12.1. The Kier molecular flexibility index (Phi) is 4.70. The summed E-state index contributed by atoms with van der Waals surface area (Å²) >= 11 is 0. The first-order valence-corrected chi connectivity index (χ1v) is 7.19. The molecule has 0 heterocycles. The van der Waals surface area contributed by atoms with E-state index in [2.05, 4.69) is 19.2 Å². The summed E-state index contributed by atoms with van der Waals surface area (Å²) in [5.41, 5.74) is 0.908. The molecular weight excluding hydrogens is 238 g/mol. The van der Waals surface area contributed by atoms with Crippen LogP contribution in [0.4, 0.5) is 0 Å². The molecule has 3 unspecified atom stereocenters. The first-order valence-electron chi connectivity index (χ1n) is 7.19. The summed E-state index contributed by atoms with van der Waals surface area (Å²) in [5.74, 6) is 2.75. The fraction of sp³-hybridized carbons (Fsp3) is 0.625. The van der Waals surface area contributed by atoms with E-state index in [0.717, 1.165) is 23.1 Å². The molecule has 1 aromatic carbocycles. The second kappa shape index (κ2) is 6.29. The van der Waals surface area contributed by atoms with Crippen molar-refractivity contribution in [1.82, 2.24) is 5.32 Å². The molecule has 1 saturated carbocycles. The molecule has 1 aromatic rings. The number of methoxy groups -OCH3 is 1. The molecule has 2 N–H and O–H groups in total. The van der Waals surface area contributed by atoms with Crippen LogP contribution >= 0.6 is 0 Å². The molecule has 0 aromatic heterocycles. The van der Waals surface area contributed by atoms with E-state index in [-0.39, 0.29) is 0 Å². The van der Waals surface area contributed by atoms with Crippen molar-refractivity contribution in [3.63, 3.8) is 0 Å². The Morgan fingerprint density at radius 3 is 2.74 bits per heavy atom. The first kappa shape index (κ1) is 14.2. The SMILES string of the molecule is COc1ccc(O)c(CNC2CCC(C)C(C)C2)c1. The van der Waals surface area contributed by atoms with Gasteiger partial charge in [-0.3, -0.25) is 0 Å². The number of hydrogen-bond donors (Lipinski definition) is 2. The second-order valence-corrected chi connectivity index (χ2v) is 5.84. The van der Waals surface area contributed by atoms with Gasteiger partial charge in [-0.15, -0.1) is 0 Å². The first-order chi connectivity index (χ1) is 9.10. The van der Waals surface area contributed by atoms with Crippen molar-refractivity contribution in [1.29, 1.82) is 0 Å².